The molecule has 0 unspecified atom stereocenters. The first-order valence-electron chi connectivity index (χ1n) is 9.26. The van der Waals surface area contributed by atoms with Crippen molar-refractivity contribution in [2.45, 2.75) is 27.2 Å². The Labute approximate surface area is 155 Å². The molecule has 0 radical (unpaired) electrons. The van der Waals surface area contributed by atoms with Crippen LogP contribution in [0.5, 0.6) is 0 Å². The van der Waals surface area contributed by atoms with Crippen LogP contribution >= 0.6 is 0 Å². The number of rotatable bonds is 5. The molecule has 1 saturated heterocycles. The van der Waals surface area contributed by atoms with E-state index in [4.69, 9.17) is 0 Å². The molecule has 0 spiro atoms. The van der Waals surface area contributed by atoms with Gasteiger partial charge in [0.05, 0.1) is 12.4 Å². The van der Waals surface area contributed by atoms with Crippen molar-refractivity contribution in [1.82, 2.24) is 14.9 Å². The summed E-state index contributed by atoms with van der Waals surface area (Å²) in [6, 6.07) is 6.39. The van der Waals surface area contributed by atoms with Gasteiger partial charge in [0.25, 0.3) is 5.91 Å². The third-order valence-electron chi connectivity index (χ3n) is 4.91. The highest BCUT2D eigenvalue weighted by Gasteiger charge is 2.24. The summed E-state index contributed by atoms with van der Waals surface area (Å²) < 4.78 is 0. The van der Waals surface area contributed by atoms with Crippen molar-refractivity contribution < 1.29 is 4.79 Å². The minimum atomic E-state index is -0.0415. The number of hydrogen-bond donors (Lipinski definition) is 1. The summed E-state index contributed by atoms with van der Waals surface area (Å²) in [4.78, 5) is 25.5. The molecule has 6 nitrogen and oxygen atoms in total. The molecule has 1 fully saturated rings. The zero-order valence-electron chi connectivity index (χ0n) is 15.8. The third-order valence-corrected chi connectivity index (χ3v) is 4.91. The van der Waals surface area contributed by atoms with Crippen LogP contribution in [-0.2, 0) is 0 Å². The fourth-order valence-corrected chi connectivity index (χ4v) is 3.17. The minimum Gasteiger partial charge on any atom is -0.369 e. The van der Waals surface area contributed by atoms with Gasteiger partial charge in [-0.05, 0) is 37.5 Å². The first kappa shape index (κ1) is 18.2. The lowest BCUT2D eigenvalue weighted by molar-refractivity contribution is 0.0740. The van der Waals surface area contributed by atoms with Gasteiger partial charge in [0.15, 0.2) is 0 Å². The molecule has 2 heterocycles. The topological polar surface area (TPSA) is 61.4 Å². The van der Waals surface area contributed by atoms with E-state index in [0.717, 1.165) is 26.1 Å². The second-order valence-corrected chi connectivity index (χ2v) is 6.71. The lowest BCUT2D eigenvalue weighted by atomic mass is 10.1. The number of carbonyl (C=O) groups excluding carboxylic acids is 1. The number of aromatic nitrogens is 2. The highest BCUT2D eigenvalue weighted by atomic mass is 16.2. The molecule has 0 aliphatic carbocycles. The maximum absolute atomic E-state index is 12.7. The van der Waals surface area contributed by atoms with Crippen LogP contribution in [0.2, 0.25) is 0 Å². The Morgan fingerprint density at radius 1 is 1.12 bits per heavy atom. The number of carbonyl (C=O) groups is 1. The first-order chi connectivity index (χ1) is 12.6. The van der Waals surface area contributed by atoms with E-state index in [-0.39, 0.29) is 5.91 Å². The van der Waals surface area contributed by atoms with Crippen LogP contribution in [-0.4, -0.2) is 53.5 Å². The van der Waals surface area contributed by atoms with Crippen LogP contribution in [0.3, 0.4) is 0 Å². The number of aryl methyl sites for hydroxylation is 1. The molecule has 0 saturated carbocycles. The number of hydrogen-bond acceptors (Lipinski definition) is 5. The summed E-state index contributed by atoms with van der Waals surface area (Å²) in [7, 11) is 0. The number of amides is 1. The van der Waals surface area contributed by atoms with Crippen LogP contribution in [0, 0.1) is 13.8 Å². The number of benzene rings is 1. The van der Waals surface area contributed by atoms with Crippen molar-refractivity contribution in [2.75, 3.05) is 42.9 Å². The van der Waals surface area contributed by atoms with Crippen molar-refractivity contribution in [3.05, 3.63) is 47.4 Å². The van der Waals surface area contributed by atoms with Gasteiger partial charge in [0.1, 0.15) is 11.5 Å². The predicted octanol–water partition coefficient (Wildman–Crippen LogP) is 2.88. The Kier molecular flexibility index (Phi) is 5.71. The van der Waals surface area contributed by atoms with Crippen molar-refractivity contribution in [3.63, 3.8) is 0 Å². The smallest absolute Gasteiger partial charge is 0.274 e. The quantitative estimate of drug-likeness (QED) is 0.896. The Bertz CT molecular complexity index is 751. The molecule has 1 aromatic carbocycles. The first-order valence-corrected chi connectivity index (χ1v) is 9.26. The van der Waals surface area contributed by atoms with Gasteiger partial charge in [-0.15, -0.1) is 0 Å². The fourth-order valence-electron chi connectivity index (χ4n) is 3.17. The van der Waals surface area contributed by atoms with Gasteiger partial charge < -0.3 is 15.1 Å². The van der Waals surface area contributed by atoms with E-state index in [1.807, 2.05) is 4.90 Å². The third kappa shape index (κ3) is 3.95. The predicted molar refractivity (Wildman–Crippen MR) is 105 cm³/mol. The summed E-state index contributed by atoms with van der Waals surface area (Å²) in [5.41, 5.74) is 4.29. The molecule has 26 heavy (non-hydrogen) atoms. The summed E-state index contributed by atoms with van der Waals surface area (Å²) in [6.07, 6.45) is 4.22. The second-order valence-electron chi connectivity index (χ2n) is 6.71. The molecular formula is C20H27N5O. The Hall–Kier alpha value is -2.63. The zero-order valence-corrected chi connectivity index (χ0v) is 15.8. The molecule has 3 rings (SSSR count). The molecule has 2 aromatic rings. The van der Waals surface area contributed by atoms with Crippen molar-refractivity contribution in [2.24, 2.45) is 0 Å². The van der Waals surface area contributed by atoms with E-state index in [9.17, 15) is 4.79 Å². The fraction of sp³-hybridized carbons (Fsp3) is 0.450. The van der Waals surface area contributed by atoms with Gasteiger partial charge in [-0.1, -0.05) is 19.1 Å². The Balaban J connectivity index is 1.60. The second kappa shape index (κ2) is 8.17. The van der Waals surface area contributed by atoms with E-state index >= 15 is 0 Å². The van der Waals surface area contributed by atoms with Crippen LogP contribution < -0.4 is 10.2 Å². The molecule has 1 aliphatic rings. The highest BCUT2D eigenvalue weighted by molar-refractivity contribution is 5.92. The van der Waals surface area contributed by atoms with E-state index in [2.05, 4.69) is 59.2 Å². The van der Waals surface area contributed by atoms with Gasteiger partial charge in [-0.25, -0.2) is 9.97 Å². The van der Waals surface area contributed by atoms with Crippen LogP contribution in [0.25, 0.3) is 0 Å². The average molecular weight is 353 g/mol. The van der Waals surface area contributed by atoms with Crippen molar-refractivity contribution in [1.29, 1.82) is 0 Å². The van der Waals surface area contributed by atoms with Crippen molar-refractivity contribution in [3.8, 4) is 0 Å². The lowest BCUT2D eigenvalue weighted by Crippen LogP contribution is -2.49. The zero-order chi connectivity index (χ0) is 18.5. The number of nitrogens with one attached hydrogen (secondary N) is 1. The standard InChI is InChI=1S/C20H27N5O/c1-4-8-21-19-14-22-17(13-23-19)20(26)25-11-9-24(10-12-25)18-7-5-6-15(2)16(18)3/h5-7,13-14H,4,8-12H2,1-3H3,(H,21,23). The van der Waals surface area contributed by atoms with Gasteiger partial charge in [-0.2, -0.15) is 0 Å². The van der Waals surface area contributed by atoms with E-state index in [1.165, 1.54) is 16.8 Å². The van der Waals surface area contributed by atoms with Crippen LogP contribution in [0.1, 0.15) is 35.0 Å². The van der Waals surface area contributed by atoms with E-state index in [1.54, 1.807) is 12.4 Å². The monoisotopic (exact) mass is 353 g/mol. The van der Waals surface area contributed by atoms with E-state index < -0.39 is 0 Å². The number of nitrogens with zero attached hydrogens (tertiary/aromatic N) is 4. The Morgan fingerprint density at radius 3 is 2.54 bits per heavy atom. The molecule has 1 amide bonds. The van der Waals surface area contributed by atoms with Gasteiger partial charge >= 0.3 is 0 Å². The number of anilines is 2. The molecule has 0 atom stereocenters. The molecule has 1 N–H and O–H groups in total. The summed E-state index contributed by atoms with van der Waals surface area (Å²) in [5.74, 6) is 0.670. The summed E-state index contributed by atoms with van der Waals surface area (Å²) in [5, 5.41) is 3.17. The normalized spacial score (nSPS) is 14.4. The SMILES string of the molecule is CCCNc1cnc(C(=O)N2CCN(c3cccc(C)c3C)CC2)cn1. The molecule has 6 heteroatoms. The number of piperazine rings is 1. The summed E-state index contributed by atoms with van der Waals surface area (Å²) in [6.45, 7) is 10.3. The maximum Gasteiger partial charge on any atom is 0.274 e. The van der Waals surface area contributed by atoms with Crippen LogP contribution in [0.15, 0.2) is 30.6 Å². The average Bonchev–Trinajstić information content (AvgIpc) is 2.68. The molecule has 1 aliphatic heterocycles. The van der Waals surface area contributed by atoms with Gasteiger partial charge in [0, 0.05) is 38.4 Å². The largest absolute Gasteiger partial charge is 0.369 e. The molecular weight excluding hydrogens is 326 g/mol. The van der Waals surface area contributed by atoms with Crippen LogP contribution in [0.4, 0.5) is 11.5 Å². The van der Waals surface area contributed by atoms with Crippen molar-refractivity contribution >= 4 is 17.4 Å². The van der Waals surface area contributed by atoms with Gasteiger partial charge in [-0.3, -0.25) is 4.79 Å². The minimum absolute atomic E-state index is 0.0415. The lowest BCUT2D eigenvalue weighted by Gasteiger charge is -2.36. The highest BCUT2D eigenvalue weighted by Crippen LogP contribution is 2.24. The molecule has 138 valence electrons. The molecule has 1 aromatic heterocycles. The Morgan fingerprint density at radius 2 is 1.88 bits per heavy atom. The van der Waals surface area contributed by atoms with E-state index in [0.29, 0.717) is 24.6 Å². The summed E-state index contributed by atoms with van der Waals surface area (Å²) >= 11 is 0. The van der Waals surface area contributed by atoms with Gasteiger partial charge in [0.2, 0.25) is 0 Å². The molecule has 0 bridgehead atoms. The maximum atomic E-state index is 12.7.